The van der Waals surface area contributed by atoms with Gasteiger partial charge in [0.2, 0.25) is 11.8 Å². The number of halogens is 2. The van der Waals surface area contributed by atoms with Crippen molar-refractivity contribution in [2.24, 2.45) is 5.92 Å². The summed E-state index contributed by atoms with van der Waals surface area (Å²) in [5.74, 6) is -4.35. The molecule has 2 aromatic heterocycles. The van der Waals surface area contributed by atoms with Crippen LogP contribution in [0.2, 0.25) is 0 Å². The van der Waals surface area contributed by atoms with Gasteiger partial charge < -0.3 is 15.7 Å². The van der Waals surface area contributed by atoms with Crippen molar-refractivity contribution < 1.29 is 23.5 Å². The highest BCUT2D eigenvalue weighted by Crippen LogP contribution is 2.37. The third kappa shape index (κ3) is 4.37. The quantitative estimate of drug-likeness (QED) is 0.556. The molecule has 4 rings (SSSR count). The van der Waals surface area contributed by atoms with Gasteiger partial charge in [0.1, 0.15) is 5.65 Å². The maximum atomic E-state index is 12.9. The molecule has 11 heteroatoms. The van der Waals surface area contributed by atoms with Crippen LogP contribution in [0.4, 0.5) is 8.78 Å². The lowest BCUT2D eigenvalue weighted by Gasteiger charge is -2.34. The predicted molar refractivity (Wildman–Crippen MR) is 112 cm³/mol. The van der Waals surface area contributed by atoms with Gasteiger partial charge in [-0.1, -0.05) is 13.8 Å². The molecular formula is C21H25F2N5O4. The van der Waals surface area contributed by atoms with Crippen molar-refractivity contribution in [2.45, 2.75) is 64.1 Å². The van der Waals surface area contributed by atoms with Crippen LogP contribution in [0.15, 0.2) is 17.1 Å². The Labute approximate surface area is 182 Å². The molecule has 0 aliphatic heterocycles. The van der Waals surface area contributed by atoms with E-state index in [2.05, 4.69) is 15.7 Å². The van der Waals surface area contributed by atoms with Crippen molar-refractivity contribution in [3.8, 4) is 5.88 Å². The second kappa shape index (κ2) is 8.03. The van der Waals surface area contributed by atoms with E-state index in [1.165, 1.54) is 22.9 Å². The van der Waals surface area contributed by atoms with Crippen LogP contribution in [0.25, 0.3) is 11.7 Å². The summed E-state index contributed by atoms with van der Waals surface area (Å²) in [4.78, 5) is 37.6. The Hall–Kier alpha value is -3.24. The fourth-order valence-corrected chi connectivity index (χ4v) is 3.73. The van der Waals surface area contributed by atoms with Crippen LogP contribution >= 0.6 is 0 Å². The maximum absolute atomic E-state index is 12.9. The molecule has 2 aromatic rings. The van der Waals surface area contributed by atoms with E-state index in [4.69, 9.17) is 0 Å². The Bertz CT molecular complexity index is 1160. The molecule has 2 amide bonds. The number of alkyl halides is 2. The highest BCUT2D eigenvalue weighted by Gasteiger charge is 2.45. The summed E-state index contributed by atoms with van der Waals surface area (Å²) in [6, 6.07) is -0.581. The molecule has 9 nitrogen and oxygen atoms in total. The topological polar surface area (TPSA) is 118 Å². The molecule has 2 fully saturated rings. The first-order chi connectivity index (χ1) is 15.1. The number of carbonyl (C=O) groups excluding carboxylic acids is 2. The average Bonchev–Trinajstić information content (AvgIpc) is 3.37. The summed E-state index contributed by atoms with van der Waals surface area (Å²) in [5, 5.41) is 20.1. The maximum Gasteiger partial charge on any atom is 0.291 e. The molecule has 2 aliphatic rings. The summed E-state index contributed by atoms with van der Waals surface area (Å²) in [7, 11) is 0. The largest absolute Gasteiger partial charge is 0.494 e. The average molecular weight is 449 g/mol. The number of nitrogens with zero attached hydrogens (tertiary/aromatic N) is 3. The van der Waals surface area contributed by atoms with Crippen molar-refractivity contribution in [3.05, 3.63) is 33.8 Å². The second-order valence-electron chi connectivity index (χ2n) is 8.89. The van der Waals surface area contributed by atoms with Crippen molar-refractivity contribution in [1.29, 1.82) is 0 Å². The van der Waals surface area contributed by atoms with Gasteiger partial charge in [-0.3, -0.25) is 19.0 Å². The van der Waals surface area contributed by atoms with Crippen LogP contribution in [0.5, 0.6) is 5.88 Å². The molecular weight excluding hydrogens is 424 g/mol. The van der Waals surface area contributed by atoms with E-state index in [9.17, 15) is 28.3 Å². The van der Waals surface area contributed by atoms with Crippen LogP contribution in [-0.2, 0) is 11.3 Å². The van der Waals surface area contributed by atoms with E-state index in [0.717, 1.165) is 17.4 Å². The molecule has 0 bridgehead atoms. The molecule has 0 unspecified atom stereocenters. The summed E-state index contributed by atoms with van der Waals surface area (Å²) in [5.41, 5.74) is -0.562. The van der Waals surface area contributed by atoms with E-state index in [-0.39, 0.29) is 29.7 Å². The van der Waals surface area contributed by atoms with Gasteiger partial charge in [-0.25, -0.2) is 8.78 Å². The van der Waals surface area contributed by atoms with E-state index >= 15 is 0 Å². The van der Waals surface area contributed by atoms with Crippen LogP contribution in [-0.4, -0.2) is 49.1 Å². The lowest BCUT2D eigenvalue weighted by atomic mass is 9.88. The Morgan fingerprint density at radius 2 is 1.97 bits per heavy atom. The zero-order valence-corrected chi connectivity index (χ0v) is 17.8. The minimum atomic E-state index is -2.74. The summed E-state index contributed by atoms with van der Waals surface area (Å²) >= 11 is 0. The fraction of sp³-hybridized carbons (Fsp3) is 0.524. The number of fused-ring (bicyclic) bond motifs is 1. The molecule has 172 valence electrons. The molecule has 0 atom stereocenters. The molecule has 0 saturated heterocycles. The number of aromatic nitrogens is 3. The highest BCUT2D eigenvalue weighted by atomic mass is 19.3. The van der Waals surface area contributed by atoms with E-state index in [0.29, 0.717) is 5.56 Å². The van der Waals surface area contributed by atoms with Crippen molar-refractivity contribution in [3.63, 3.8) is 0 Å². The molecule has 2 aliphatic carbocycles. The molecule has 0 aromatic carbocycles. The number of aromatic hydroxyl groups is 1. The van der Waals surface area contributed by atoms with Crippen molar-refractivity contribution in [2.75, 3.05) is 0 Å². The van der Waals surface area contributed by atoms with Gasteiger partial charge in [0.05, 0.1) is 6.20 Å². The van der Waals surface area contributed by atoms with Crippen LogP contribution in [0.3, 0.4) is 0 Å². The third-order valence-corrected chi connectivity index (χ3v) is 5.45. The van der Waals surface area contributed by atoms with E-state index in [1.54, 1.807) is 0 Å². The number of amides is 2. The van der Waals surface area contributed by atoms with Gasteiger partial charge in [-0.2, -0.15) is 9.61 Å². The lowest BCUT2D eigenvalue weighted by molar-refractivity contribution is -0.124. The molecule has 2 saturated carbocycles. The Balaban J connectivity index is 1.67. The molecule has 0 spiro atoms. The van der Waals surface area contributed by atoms with Gasteiger partial charge in [-0.05, 0) is 24.8 Å². The smallest absolute Gasteiger partial charge is 0.291 e. The Kier molecular flexibility index (Phi) is 5.51. The van der Waals surface area contributed by atoms with Gasteiger partial charge in [0.15, 0.2) is 5.56 Å². The van der Waals surface area contributed by atoms with Crippen molar-refractivity contribution in [1.82, 2.24) is 24.8 Å². The SMILES string of the molecule is CC(C)Cn1c(O)c(C(=O)NC2CC2)c(=O)n2ncc(C=CC(=O)NC3CC(F)(F)C3)c12. The van der Waals surface area contributed by atoms with Crippen LogP contribution in [0, 0.1) is 5.92 Å². The van der Waals surface area contributed by atoms with E-state index in [1.807, 2.05) is 13.8 Å². The number of nitrogens with one attached hydrogen (secondary N) is 2. The second-order valence-corrected chi connectivity index (χ2v) is 8.89. The summed E-state index contributed by atoms with van der Waals surface area (Å²) in [6.45, 7) is 4.10. The number of hydrogen-bond donors (Lipinski definition) is 3. The predicted octanol–water partition coefficient (Wildman–Crippen LogP) is 1.68. The molecule has 0 radical (unpaired) electrons. The third-order valence-electron chi connectivity index (χ3n) is 5.45. The Morgan fingerprint density at radius 3 is 2.56 bits per heavy atom. The minimum Gasteiger partial charge on any atom is -0.494 e. The standard InChI is InChI=1S/C21H25F2N5O4/c1-11(2)10-27-18-12(3-6-15(29)25-14-7-21(22,23)8-14)9-24-28(18)20(32)16(19(27)31)17(30)26-13-4-5-13/h3,6,9,11,13-14,31H,4-5,7-8,10H2,1-2H3,(H,25,29)(H,26,30). The van der Waals surface area contributed by atoms with Gasteiger partial charge >= 0.3 is 0 Å². The van der Waals surface area contributed by atoms with Crippen LogP contribution < -0.4 is 16.2 Å². The number of carbonyl (C=O) groups is 2. The first kappa shape index (κ1) is 22.0. The zero-order valence-electron chi connectivity index (χ0n) is 17.8. The van der Waals surface area contributed by atoms with E-state index < -0.39 is 48.1 Å². The van der Waals surface area contributed by atoms with Gasteiger partial charge in [0.25, 0.3) is 17.4 Å². The Morgan fingerprint density at radius 1 is 1.28 bits per heavy atom. The van der Waals surface area contributed by atoms with Crippen molar-refractivity contribution >= 4 is 23.5 Å². The van der Waals surface area contributed by atoms with Gasteiger partial charge in [0, 0.05) is 43.1 Å². The fourth-order valence-electron chi connectivity index (χ4n) is 3.73. The molecule has 2 heterocycles. The normalized spacial score (nSPS) is 18.3. The summed E-state index contributed by atoms with van der Waals surface area (Å²) in [6.07, 6.45) is 4.78. The summed E-state index contributed by atoms with van der Waals surface area (Å²) < 4.78 is 28.3. The minimum absolute atomic E-state index is 0.000733. The van der Waals surface area contributed by atoms with Gasteiger partial charge in [-0.15, -0.1) is 0 Å². The zero-order chi connectivity index (χ0) is 23.2. The molecule has 3 N–H and O–H groups in total. The molecule has 32 heavy (non-hydrogen) atoms. The lowest BCUT2D eigenvalue weighted by Crippen LogP contribution is -2.50. The first-order valence-electron chi connectivity index (χ1n) is 10.6. The number of hydrogen-bond acceptors (Lipinski definition) is 5. The van der Waals surface area contributed by atoms with Crippen LogP contribution in [0.1, 0.15) is 55.5 Å². The number of rotatable bonds is 7. The monoisotopic (exact) mass is 449 g/mol. The highest BCUT2D eigenvalue weighted by molar-refractivity contribution is 5.97. The first-order valence-corrected chi connectivity index (χ1v) is 10.6.